The molecule has 0 bridgehead atoms. The molecule has 1 unspecified atom stereocenters. The van der Waals surface area contributed by atoms with Gasteiger partial charge in [-0.25, -0.2) is 0 Å². The van der Waals surface area contributed by atoms with E-state index in [2.05, 4.69) is 10.6 Å². The molecule has 0 aromatic carbocycles. The van der Waals surface area contributed by atoms with Crippen molar-refractivity contribution in [3.63, 3.8) is 0 Å². The molecule has 0 radical (unpaired) electrons. The predicted octanol–water partition coefficient (Wildman–Crippen LogP) is 0.670. The molecule has 1 fully saturated rings. The Kier molecular flexibility index (Phi) is 5.65. The molecule has 4 heteroatoms. The Bertz CT molecular complexity index is 191. The maximum atomic E-state index is 11.8. The first-order valence-electron chi connectivity index (χ1n) is 5.83. The lowest BCUT2D eigenvalue weighted by Crippen LogP contribution is -2.48. The molecule has 2 N–H and O–H groups in total. The molecule has 0 aromatic rings. The van der Waals surface area contributed by atoms with Crippen molar-refractivity contribution in [2.75, 3.05) is 20.3 Å². The second-order valence-corrected chi connectivity index (χ2v) is 3.99. The zero-order valence-electron chi connectivity index (χ0n) is 9.71. The van der Waals surface area contributed by atoms with Crippen LogP contribution in [0.5, 0.6) is 0 Å². The fourth-order valence-corrected chi connectivity index (χ4v) is 1.90. The van der Waals surface area contributed by atoms with Gasteiger partial charge in [0.15, 0.2) is 0 Å². The predicted molar refractivity (Wildman–Crippen MR) is 59.7 cm³/mol. The van der Waals surface area contributed by atoms with E-state index in [9.17, 15) is 4.79 Å². The first kappa shape index (κ1) is 12.5. The highest BCUT2D eigenvalue weighted by atomic mass is 16.5. The number of ether oxygens (including phenoxy) is 1. The van der Waals surface area contributed by atoms with Gasteiger partial charge in [0.2, 0.25) is 5.91 Å². The zero-order chi connectivity index (χ0) is 11.1. The lowest BCUT2D eigenvalue weighted by molar-refractivity contribution is -0.125. The first-order valence-corrected chi connectivity index (χ1v) is 5.83. The Morgan fingerprint density at radius 2 is 2.13 bits per heavy atom. The molecule has 1 atom stereocenters. The van der Waals surface area contributed by atoms with Gasteiger partial charge in [0.05, 0.1) is 6.61 Å². The first-order chi connectivity index (χ1) is 7.27. The summed E-state index contributed by atoms with van der Waals surface area (Å²) in [6.07, 6.45) is 4.72. The van der Waals surface area contributed by atoms with E-state index in [0.717, 1.165) is 12.8 Å². The topological polar surface area (TPSA) is 50.4 Å². The minimum atomic E-state index is -0.217. The van der Waals surface area contributed by atoms with Crippen LogP contribution in [-0.2, 0) is 9.53 Å². The maximum Gasteiger partial charge on any atom is 0.239 e. The molecule has 0 aliphatic heterocycles. The van der Waals surface area contributed by atoms with E-state index in [1.54, 1.807) is 7.05 Å². The fourth-order valence-electron chi connectivity index (χ4n) is 1.90. The molecule has 0 heterocycles. The Hall–Kier alpha value is -0.610. The van der Waals surface area contributed by atoms with Crippen molar-refractivity contribution in [2.45, 2.75) is 44.7 Å². The number of carbonyl (C=O) groups excluding carboxylic acids is 1. The van der Waals surface area contributed by atoms with E-state index in [4.69, 9.17) is 4.74 Å². The summed E-state index contributed by atoms with van der Waals surface area (Å²) in [4.78, 5) is 11.8. The quantitative estimate of drug-likeness (QED) is 0.683. The summed E-state index contributed by atoms with van der Waals surface area (Å²) in [5, 5.41) is 6.03. The molecule has 1 amide bonds. The van der Waals surface area contributed by atoms with Gasteiger partial charge in [-0.15, -0.1) is 0 Å². The van der Waals surface area contributed by atoms with E-state index in [1.165, 1.54) is 12.8 Å². The molecule has 1 aliphatic carbocycles. The Labute approximate surface area is 91.8 Å². The second-order valence-electron chi connectivity index (χ2n) is 3.99. The van der Waals surface area contributed by atoms with Gasteiger partial charge in [0.1, 0.15) is 6.04 Å². The van der Waals surface area contributed by atoms with Crippen LogP contribution in [0.15, 0.2) is 0 Å². The highest BCUT2D eigenvalue weighted by molar-refractivity contribution is 5.82. The number of rotatable bonds is 6. The average Bonchev–Trinajstić information content (AvgIpc) is 2.71. The maximum absolute atomic E-state index is 11.8. The number of likely N-dealkylation sites (N-methyl/N-ethyl adjacent to an activating group) is 1. The van der Waals surface area contributed by atoms with Crippen LogP contribution < -0.4 is 10.6 Å². The van der Waals surface area contributed by atoms with Crippen LogP contribution in [-0.4, -0.2) is 38.3 Å². The summed E-state index contributed by atoms with van der Waals surface area (Å²) in [5.74, 6) is 0.0675. The Morgan fingerprint density at radius 3 is 2.67 bits per heavy atom. The third-order valence-corrected chi connectivity index (χ3v) is 2.86. The Morgan fingerprint density at radius 1 is 1.47 bits per heavy atom. The van der Waals surface area contributed by atoms with Crippen LogP contribution in [0, 0.1) is 0 Å². The smallest absolute Gasteiger partial charge is 0.239 e. The van der Waals surface area contributed by atoms with E-state index >= 15 is 0 Å². The molecule has 88 valence electrons. The highest BCUT2D eigenvalue weighted by Gasteiger charge is 2.22. The molecule has 1 saturated carbocycles. The molecule has 1 rings (SSSR count). The van der Waals surface area contributed by atoms with Crippen LogP contribution in [0.2, 0.25) is 0 Å². The summed E-state index contributed by atoms with van der Waals surface area (Å²) in [7, 11) is 1.79. The van der Waals surface area contributed by atoms with Crippen LogP contribution in [0.25, 0.3) is 0 Å². The molecule has 15 heavy (non-hydrogen) atoms. The van der Waals surface area contributed by atoms with Gasteiger partial charge in [-0.2, -0.15) is 0 Å². The third-order valence-electron chi connectivity index (χ3n) is 2.86. The van der Waals surface area contributed by atoms with Crippen molar-refractivity contribution in [2.24, 2.45) is 0 Å². The Balaban J connectivity index is 2.28. The van der Waals surface area contributed by atoms with Crippen LogP contribution in [0.4, 0.5) is 0 Å². The SMILES string of the molecule is CCOCC(NC)C(=O)NC1CCCC1. The van der Waals surface area contributed by atoms with Crippen molar-refractivity contribution in [3.05, 3.63) is 0 Å². The molecular weight excluding hydrogens is 192 g/mol. The lowest BCUT2D eigenvalue weighted by atomic mass is 10.2. The van der Waals surface area contributed by atoms with Gasteiger partial charge < -0.3 is 15.4 Å². The van der Waals surface area contributed by atoms with Crippen molar-refractivity contribution in [3.8, 4) is 0 Å². The standard InChI is InChI=1S/C11H22N2O2/c1-3-15-8-10(12-2)11(14)13-9-6-4-5-7-9/h9-10,12H,3-8H2,1-2H3,(H,13,14). The fraction of sp³-hybridized carbons (Fsp3) is 0.909. The second kappa shape index (κ2) is 6.80. The molecule has 1 aliphatic rings. The van der Waals surface area contributed by atoms with Gasteiger partial charge in [-0.1, -0.05) is 12.8 Å². The molecular formula is C11H22N2O2. The number of amides is 1. The number of nitrogens with one attached hydrogen (secondary N) is 2. The van der Waals surface area contributed by atoms with Crippen molar-refractivity contribution >= 4 is 5.91 Å². The van der Waals surface area contributed by atoms with Crippen LogP contribution in [0.3, 0.4) is 0 Å². The average molecular weight is 214 g/mol. The monoisotopic (exact) mass is 214 g/mol. The van der Waals surface area contributed by atoms with E-state index in [0.29, 0.717) is 19.3 Å². The largest absolute Gasteiger partial charge is 0.380 e. The normalized spacial score (nSPS) is 19.1. The number of hydrogen-bond acceptors (Lipinski definition) is 3. The van der Waals surface area contributed by atoms with Gasteiger partial charge >= 0.3 is 0 Å². The molecule has 4 nitrogen and oxygen atoms in total. The minimum Gasteiger partial charge on any atom is -0.380 e. The van der Waals surface area contributed by atoms with Gasteiger partial charge in [0.25, 0.3) is 0 Å². The summed E-state index contributed by atoms with van der Waals surface area (Å²) < 4.78 is 5.25. The lowest BCUT2D eigenvalue weighted by Gasteiger charge is -2.19. The van der Waals surface area contributed by atoms with E-state index in [1.807, 2.05) is 6.92 Å². The third kappa shape index (κ3) is 4.18. The van der Waals surface area contributed by atoms with Crippen molar-refractivity contribution in [1.82, 2.24) is 10.6 Å². The summed E-state index contributed by atoms with van der Waals surface area (Å²) in [6, 6.07) is 0.167. The summed E-state index contributed by atoms with van der Waals surface area (Å²) >= 11 is 0. The van der Waals surface area contributed by atoms with Gasteiger partial charge in [0, 0.05) is 12.6 Å². The van der Waals surface area contributed by atoms with Gasteiger partial charge in [-0.3, -0.25) is 4.79 Å². The summed E-state index contributed by atoms with van der Waals surface area (Å²) in [6.45, 7) is 3.03. The molecule has 0 spiro atoms. The number of hydrogen-bond donors (Lipinski definition) is 2. The van der Waals surface area contributed by atoms with Gasteiger partial charge in [-0.05, 0) is 26.8 Å². The molecule has 0 aromatic heterocycles. The van der Waals surface area contributed by atoms with E-state index in [-0.39, 0.29) is 11.9 Å². The van der Waals surface area contributed by atoms with Crippen LogP contribution in [0.1, 0.15) is 32.6 Å². The van der Waals surface area contributed by atoms with Crippen LogP contribution >= 0.6 is 0 Å². The highest BCUT2D eigenvalue weighted by Crippen LogP contribution is 2.17. The van der Waals surface area contributed by atoms with Crippen molar-refractivity contribution < 1.29 is 9.53 Å². The zero-order valence-corrected chi connectivity index (χ0v) is 9.71. The minimum absolute atomic E-state index is 0.0675. The van der Waals surface area contributed by atoms with Crippen molar-refractivity contribution in [1.29, 1.82) is 0 Å². The molecule has 0 saturated heterocycles. The number of carbonyl (C=O) groups is 1. The summed E-state index contributed by atoms with van der Waals surface area (Å²) in [5.41, 5.74) is 0. The van der Waals surface area contributed by atoms with E-state index < -0.39 is 0 Å².